The summed E-state index contributed by atoms with van der Waals surface area (Å²) in [6, 6.07) is 11.7. The molecule has 0 bridgehead atoms. The highest BCUT2D eigenvalue weighted by Crippen LogP contribution is 2.19. The minimum Gasteiger partial charge on any atom is -0.497 e. The van der Waals surface area contributed by atoms with E-state index in [0.29, 0.717) is 18.7 Å². The van der Waals surface area contributed by atoms with E-state index in [4.69, 9.17) is 9.47 Å². The maximum Gasteiger partial charge on any atom is 0.224 e. The second-order valence-electron chi connectivity index (χ2n) is 5.08. The van der Waals surface area contributed by atoms with Crippen LogP contribution in [0.3, 0.4) is 0 Å². The lowest BCUT2D eigenvalue weighted by molar-refractivity contribution is -0.120. The molecular weight excluding hydrogens is 297 g/mol. The van der Waals surface area contributed by atoms with Crippen LogP contribution in [0.15, 0.2) is 42.5 Å². The molecular formula is C18H20FNO3. The van der Waals surface area contributed by atoms with Gasteiger partial charge in [0.05, 0.1) is 20.6 Å². The number of benzene rings is 2. The van der Waals surface area contributed by atoms with Gasteiger partial charge in [0.1, 0.15) is 17.3 Å². The molecule has 5 heteroatoms. The van der Waals surface area contributed by atoms with E-state index in [9.17, 15) is 9.18 Å². The molecule has 0 saturated carbocycles. The molecule has 0 aliphatic carbocycles. The Bertz CT molecular complexity index is 673. The van der Waals surface area contributed by atoms with Crippen molar-refractivity contribution in [3.05, 3.63) is 59.4 Å². The van der Waals surface area contributed by atoms with E-state index >= 15 is 0 Å². The Morgan fingerprint density at radius 2 is 1.96 bits per heavy atom. The Morgan fingerprint density at radius 3 is 2.70 bits per heavy atom. The van der Waals surface area contributed by atoms with Crippen LogP contribution >= 0.6 is 0 Å². The van der Waals surface area contributed by atoms with Gasteiger partial charge in [-0.15, -0.1) is 0 Å². The van der Waals surface area contributed by atoms with Crippen LogP contribution in [0.5, 0.6) is 11.5 Å². The molecule has 1 amide bonds. The fourth-order valence-electron chi connectivity index (χ4n) is 2.31. The number of rotatable bonds is 7. The maximum atomic E-state index is 13.3. The lowest BCUT2D eigenvalue weighted by Gasteiger charge is -2.10. The molecule has 0 radical (unpaired) electrons. The minimum atomic E-state index is -0.316. The van der Waals surface area contributed by atoms with Gasteiger partial charge in [0.25, 0.3) is 0 Å². The van der Waals surface area contributed by atoms with E-state index < -0.39 is 0 Å². The quantitative estimate of drug-likeness (QED) is 0.854. The van der Waals surface area contributed by atoms with Crippen LogP contribution < -0.4 is 14.8 Å². The molecule has 0 unspecified atom stereocenters. The number of nitrogens with one attached hydrogen (secondary N) is 1. The first kappa shape index (κ1) is 16.8. The number of hydrogen-bond acceptors (Lipinski definition) is 3. The van der Waals surface area contributed by atoms with Gasteiger partial charge < -0.3 is 14.8 Å². The van der Waals surface area contributed by atoms with Crippen molar-refractivity contribution in [2.45, 2.75) is 12.8 Å². The normalized spacial score (nSPS) is 10.2. The van der Waals surface area contributed by atoms with Crippen LogP contribution in [0.25, 0.3) is 0 Å². The molecule has 0 atom stereocenters. The summed E-state index contributed by atoms with van der Waals surface area (Å²) >= 11 is 0. The fraction of sp³-hybridized carbons (Fsp3) is 0.278. The lowest BCUT2D eigenvalue weighted by Crippen LogP contribution is -2.27. The summed E-state index contributed by atoms with van der Waals surface area (Å²) in [5.74, 6) is 0.936. The third-order valence-electron chi connectivity index (χ3n) is 3.46. The predicted molar refractivity (Wildman–Crippen MR) is 86.4 cm³/mol. The molecule has 4 nitrogen and oxygen atoms in total. The van der Waals surface area contributed by atoms with Crippen molar-refractivity contribution in [1.29, 1.82) is 0 Å². The Hall–Kier alpha value is -2.56. The van der Waals surface area contributed by atoms with Gasteiger partial charge in [-0.25, -0.2) is 4.39 Å². The van der Waals surface area contributed by atoms with Crippen molar-refractivity contribution in [2.75, 3.05) is 20.8 Å². The Balaban J connectivity index is 1.86. The van der Waals surface area contributed by atoms with E-state index in [1.54, 1.807) is 13.2 Å². The SMILES string of the molecule is COc1cccc(CC(=O)NCCc2cc(F)ccc2OC)c1. The summed E-state index contributed by atoms with van der Waals surface area (Å²) in [5.41, 5.74) is 1.61. The number of carbonyl (C=O) groups is 1. The molecule has 1 N–H and O–H groups in total. The van der Waals surface area contributed by atoms with Gasteiger partial charge in [-0.05, 0) is 47.9 Å². The van der Waals surface area contributed by atoms with Crippen molar-refractivity contribution in [1.82, 2.24) is 5.32 Å². The second-order valence-corrected chi connectivity index (χ2v) is 5.08. The Labute approximate surface area is 135 Å². The number of ether oxygens (including phenoxy) is 2. The highest BCUT2D eigenvalue weighted by atomic mass is 19.1. The summed E-state index contributed by atoms with van der Waals surface area (Å²) in [6.07, 6.45) is 0.780. The Morgan fingerprint density at radius 1 is 1.13 bits per heavy atom. The average Bonchev–Trinajstić information content (AvgIpc) is 2.55. The van der Waals surface area contributed by atoms with Crippen LogP contribution in [-0.2, 0) is 17.6 Å². The summed E-state index contributed by atoms with van der Waals surface area (Å²) in [7, 11) is 3.13. The van der Waals surface area contributed by atoms with Gasteiger partial charge >= 0.3 is 0 Å². The molecule has 2 aromatic carbocycles. The molecule has 0 saturated heterocycles. The lowest BCUT2D eigenvalue weighted by atomic mass is 10.1. The zero-order valence-electron chi connectivity index (χ0n) is 13.3. The van der Waals surface area contributed by atoms with Crippen LogP contribution in [0, 0.1) is 5.82 Å². The fourth-order valence-corrected chi connectivity index (χ4v) is 2.31. The first-order valence-corrected chi connectivity index (χ1v) is 7.34. The third kappa shape index (κ3) is 4.98. The number of methoxy groups -OCH3 is 2. The maximum absolute atomic E-state index is 13.3. The molecule has 0 aliphatic rings. The number of halogens is 1. The summed E-state index contributed by atoms with van der Waals surface area (Å²) in [4.78, 5) is 12.0. The average molecular weight is 317 g/mol. The van der Waals surface area contributed by atoms with Crippen LogP contribution in [0.1, 0.15) is 11.1 Å². The largest absolute Gasteiger partial charge is 0.497 e. The van der Waals surface area contributed by atoms with Crippen LogP contribution in [-0.4, -0.2) is 26.7 Å². The minimum absolute atomic E-state index is 0.0892. The van der Waals surface area contributed by atoms with E-state index in [-0.39, 0.29) is 18.1 Å². The van der Waals surface area contributed by atoms with Crippen molar-refractivity contribution in [3.63, 3.8) is 0 Å². The van der Waals surface area contributed by atoms with Crippen molar-refractivity contribution in [3.8, 4) is 11.5 Å². The summed E-state index contributed by atoms with van der Waals surface area (Å²) in [6.45, 7) is 0.419. The summed E-state index contributed by atoms with van der Waals surface area (Å²) < 4.78 is 23.6. The van der Waals surface area contributed by atoms with E-state index in [2.05, 4.69) is 5.32 Å². The topological polar surface area (TPSA) is 47.6 Å². The molecule has 23 heavy (non-hydrogen) atoms. The molecule has 0 fully saturated rings. The molecule has 0 spiro atoms. The number of amides is 1. The van der Waals surface area contributed by atoms with Crippen molar-refractivity contribution < 1.29 is 18.7 Å². The first-order valence-electron chi connectivity index (χ1n) is 7.34. The van der Waals surface area contributed by atoms with Crippen molar-refractivity contribution in [2.24, 2.45) is 0 Å². The van der Waals surface area contributed by atoms with Gasteiger partial charge in [0.15, 0.2) is 0 Å². The van der Waals surface area contributed by atoms with Crippen LogP contribution in [0.4, 0.5) is 4.39 Å². The number of carbonyl (C=O) groups excluding carboxylic acids is 1. The number of hydrogen-bond donors (Lipinski definition) is 1. The van der Waals surface area contributed by atoms with Gasteiger partial charge in [0.2, 0.25) is 5.91 Å². The Kier molecular flexibility index (Phi) is 5.97. The smallest absolute Gasteiger partial charge is 0.224 e. The van der Waals surface area contributed by atoms with Crippen LogP contribution in [0.2, 0.25) is 0 Å². The first-order chi connectivity index (χ1) is 11.1. The van der Waals surface area contributed by atoms with Gasteiger partial charge in [0, 0.05) is 6.54 Å². The molecule has 0 aliphatic heterocycles. The van der Waals surface area contributed by atoms with E-state index in [1.807, 2.05) is 24.3 Å². The zero-order valence-corrected chi connectivity index (χ0v) is 13.3. The standard InChI is InChI=1S/C18H20FNO3/c1-22-16-5-3-4-13(10-16)11-18(21)20-9-8-14-12-15(19)6-7-17(14)23-2/h3-7,10,12H,8-9,11H2,1-2H3,(H,20,21). The van der Waals surface area contributed by atoms with E-state index in [0.717, 1.165) is 16.9 Å². The summed E-state index contributed by atoms with van der Waals surface area (Å²) in [5, 5.41) is 2.83. The molecule has 2 aromatic rings. The molecule has 2 rings (SSSR count). The zero-order chi connectivity index (χ0) is 16.7. The van der Waals surface area contributed by atoms with Crippen molar-refractivity contribution >= 4 is 5.91 Å². The monoisotopic (exact) mass is 317 g/mol. The molecule has 0 heterocycles. The van der Waals surface area contributed by atoms with Gasteiger partial charge in [-0.2, -0.15) is 0 Å². The molecule has 122 valence electrons. The van der Waals surface area contributed by atoms with E-state index in [1.165, 1.54) is 19.2 Å². The third-order valence-corrected chi connectivity index (χ3v) is 3.46. The van der Waals surface area contributed by atoms with Gasteiger partial charge in [-0.3, -0.25) is 4.79 Å². The predicted octanol–water partition coefficient (Wildman–Crippen LogP) is 2.74. The molecule has 0 aromatic heterocycles. The van der Waals surface area contributed by atoms with Gasteiger partial charge in [-0.1, -0.05) is 12.1 Å². The second kappa shape index (κ2) is 8.17. The highest BCUT2D eigenvalue weighted by molar-refractivity contribution is 5.78. The highest BCUT2D eigenvalue weighted by Gasteiger charge is 2.07.